The summed E-state index contributed by atoms with van der Waals surface area (Å²) in [7, 11) is 1.30. The van der Waals surface area contributed by atoms with Crippen molar-refractivity contribution < 1.29 is 9.53 Å². The van der Waals surface area contributed by atoms with E-state index in [9.17, 15) is 9.59 Å². The quantitative estimate of drug-likeness (QED) is 0.499. The monoisotopic (exact) mass is 380 g/mol. The third-order valence-electron chi connectivity index (χ3n) is 3.90. The highest BCUT2D eigenvalue weighted by Crippen LogP contribution is 2.18. The van der Waals surface area contributed by atoms with Gasteiger partial charge in [-0.3, -0.25) is 4.79 Å². The Morgan fingerprint density at radius 3 is 2.52 bits per heavy atom. The second-order valence-electron chi connectivity index (χ2n) is 5.80. The molecule has 2 aromatic carbocycles. The van der Waals surface area contributed by atoms with Crippen molar-refractivity contribution in [2.45, 2.75) is 6.54 Å². The number of ether oxygens (including phenoxy) is 1. The summed E-state index contributed by atoms with van der Waals surface area (Å²) in [6, 6.07) is 16.5. The van der Waals surface area contributed by atoms with E-state index in [-0.39, 0.29) is 11.3 Å². The molecule has 0 aliphatic heterocycles. The van der Waals surface area contributed by atoms with Crippen LogP contribution in [0.5, 0.6) is 0 Å². The summed E-state index contributed by atoms with van der Waals surface area (Å²) in [6.07, 6.45) is 4.41. The molecule has 0 spiro atoms. The molecule has 5 nitrogen and oxygen atoms in total. The lowest BCUT2D eigenvalue weighted by atomic mass is 10.1. The minimum Gasteiger partial charge on any atom is -0.466 e. The van der Waals surface area contributed by atoms with Crippen LogP contribution in [0, 0.1) is 0 Å². The third kappa shape index (κ3) is 4.71. The van der Waals surface area contributed by atoms with E-state index in [1.165, 1.54) is 19.3 Å². The summed E-state index contributed by atoms with van der Waals surface area (Å²) in [5, 5.41) is 0.574. The van der Waals surface area contributed by atoms with Crippen LogP contribution in [0.15, 0.2) is 71.7 Å². The predicted molar refractivity (Wildman–Crippen MR) is 106 cm³/mol. The Kier molecular flexibility index (Phi) is 5.84. The number of hydrogen-bond acceptors (Lipinski definition) is 4. The first-order valence-electron chi connectivity index (χ1n) is 8.24. The molecule has 27 heavy (non-hydrogen) atoms. The molecule has 0 N–H and O–H groups in total. The van der Waals surface area contributed by atoms with Gasteiger partial charge in [-0.25, -0.2) is 9.78 Å². The van der Waals surface area contributed by atoms with Crippen LogP contribution < -0.4 is 5.56 Å². The van der Waals surface area contributed by atoms with E-state index in [2.05, 4.69) is 9.72 Å². The average Bonchev–Trinajstić information content (AvgIpc) is 2.69. The van der Waals surface area contributed by atoms with Gasteiger partial charge in [-0.2, -0.15) is 0 Å². The molecule has 0 unspecified atom stereocenters. The first kappa shape index (κ1) is 18.6. The van der Waals surface area contributed by atoms with Crippen molar-refractivity contribution in [1.29, 1.82) is 0 Å². The number of benzene rings is 2. The second kappa shape index (κ2) is 8.47. The van der Waals surface area contributed by atoms with Gasteiger partial charge in [-0.05, 0) is 23.8 Å². The molecule has 0 aliphatic carbocycles. The first-order valence-corrected chi connectivity index (χ1v) is 8.62. The molecule has 0 atom stereocenters. The Morgan fingerprint density at radius 1 is 1.15 bits per heavy atom. The van der Waals surface area contributed by atoms with E-state index in [0.717, 1.165) is 5.56 Å². The highest BCUT2D eigenvalue weighted by molar-refractivity contribution is 6.30. The number of carbonyl (C=O) groups is 1. The van der Waals surface area contributed by atoms with Crippen molar-refractivity contribution in [2.75, 3.05) is 7.11 Å². The number of methoxy groups -OCH3 is 1. The van der Waals surface area contributed by atoms with Crippen LogP contribution in [0.4, 0.5) is 0 Å². The van der Waals surface area contributed by atoms with Gasteiger partial charge in [-0.1, -0.05) is 54.1 Å². The van der Waals surface area contributed by atoms with Crippen LogP contribution in [0.25, 0.3) is 17.3 Å². The van der Waals surface area contributed by atoms with Crippen molar-refractivity contribution in [2.24, 2.45) is 0 Å². The van der Waals surface area contributed by atoms with Crippen molar-refractivity contribution in [3.63, 3.8) is 0 Å². The van der Waals surface area contributed by atoms with Crippen molar-refractivity contribution in [3.8, 4) is 11.3 Å². The summed E-state index contributed by atoms with van der Waals surface area (Å²) < 4.78 is 6.19. The van der Waals surface area contributed by atoms with Crippen LogP contribution in [-0.4, -0.2) is 22.6 Å². The maximum atomic E-state index is 13.0. The molecule has 0 bridgehead atoms. The maximum absolute atomic E-state index is 13.0. The molecule has 3 aromatic rings. The Balaban J connectivity index is 2.09. The SMILES string of the molecule is COC(=O)/C=C\c1cn(Cc2ccccc2)c(=O)c(-c2ccc(Cl)cc2)n1. The highest BCUT2D eigenvalue weighted by atomic mass is 35.5. The van der Waals surface area contributed by atoms with Gasteiger partial charge >= 0.3 is 5.97 Å². The Bertz CT molecular complexity index is 1030. The smallest absolute Gasteiger partial charge is 0.330 e. The van der Waals surface area contributed by atoms with Gasteiger partial charge in [-0.15, -0.1) is 0 Å². The fourth-order valence-electron chi connectivity index (χ4n) is 2.56. The zero-order chi connectivity index (χ0) is 19.2. The minimum atomic E-state index is -0.495. The molecule has 1 aromatic heterocycles. The topological polar surface area (TPSA) is 61.2 Å². The molecule has 6 heteroatoms. The largest absolute Gasteiger partial charge is 0.466 e. The van der Waals surface area contributed by atoms with Gasteiger partial charge in [0.1, 0.15) is 5.69 Å². The summed E-state index contributed by atoms with van der Waals surface area (Å²) in [4.78, 5) is 28.8. The molecule has 0 saturated heterocycles. The fraction of sp³-hybridized carbons (Fsp3) is 0.0952. The third-order valence-corrected chi connectivity index (χ3v) is 4.15. The van der Waals surface area contributed by atoms with Gasteiger partial charge in [0.25, 0.3) is 5.56 Å². The Morgan fingerprint density at radius 2 is 1.85 bits per heavy atom. The number of carbonyl (C=O) groups excluding carboxylic acids is 1. The number of hydrogen-bond donors (Lipinski definition) is 0. The Labute approximate surface area is 161 Å². The van der Waals surface area contributed by atoms with Crippen LogP contribution in [0.3, 0.4) is 0 Å². The normalized spacial score (nSPS) is 10.9. The molecule has 1 heterocycles. The van der Waals surface area contributed by atoms with E-state index in [4.69, 9.17) is 11.6 Å². The van der Waals surface area contributed by atoms with E-state index >= 15 is 0 Å². The molecule has 0 saturated carbocycles. The van der Waals surface area contributed by atoms with Gasteiger partial charge in [0.15, 0.2) is 0 Å². The second-order valence-corrected chi connectivity index (χ2v) is 6.23. The van der Waals surface area contributed by atoms with E-state index in [1.807, 2.05) is 30.3 Å². The summed E-state index contributed by atoms with van der Waals surface area (Å²) in [6.45, 7) is 0.391. The lowest BCUT2D eigenvalue weighted by Crippen LogP contribution is -2.24. The standard InChI is InChI=1S/C21H17ClN2O3/c1-27-19(25)12-11-18-14-24(13-15-5-3-2-4-6-15)21(26)20(23-18)16-7-9-17(22)10-8-16/h2-12,14H,13H2,1H3/b12-11-. The Hall–Kier alpha value is -3.18. The summed E-state index contributed by atoms with van der Waals surface area (Å²) >= 11 is 5.94. The van der Waals surface area contributed by atoms with Crippen LogP contribution in [0.2, 0.25) is 5.02 Å². The number of aromatic nitrogens is 2. The van der Waals surface area contributed by atoms with Gasteiger partial charge in [0.2, 0.25) is 0 Å². The zero-order valence-corrected chi connectivity index (χ0v) is 15.4. The molecule has 136 valence electrons. The maximum Gasteiger partial charge on any atom is 0.330 e. The fourth-order valence-corrected chi connectivity index (χ4v) is 2.68. The van der Waals surface area contributed by atoms with Gasteiger partial charge in [0, 0.05) is 22.9 Å². The molecule has 0 fully saturated rings. The molecular formula is C21H17ClN2O3. The van der Waals surface area contributed by atoms with Gasteiger partial charge < -0.3 is 9.30 Å². The minimum absolute atomic E-state index is 0.226. The zero-order valence-electron chi connectivity index (χ0n) is 14.6. The van der Waals surface area contributed by atoms with E-state index in [0.29, 0.717) is 22.8 Å². The van der Waals surface area contributed by atoms with Crippen LogP contribution in [-0.2, 0) is 16.1 Å². The highest BCUT2D eigenvalue weighted by Gasteiger charge is 2.11. The van der Waals surface area contributed by atoms with E-state index < -0.39 is 5.97 Å². The molecule has 0 radical (unpaired) electrons. The predicted octanol–water partition coefficient (Wildman–Crippen LogP) is 3.80. The number of rotatable bonds is 5. The van der Waals surface area contributed by atoms with Crippen molar-refractivity contribution >= 4 is 23.6 Å². The number of esters is 1. The molecule has 3 rings (SSSR count). The number of halogens is 1. The van der Waals surface area contributed by atoms with E-state index in [1.54, 1.807) is 35.0 Å². The summed E-state index contributed by atoms with van der Waals surface area (Å²) in [5.41, 5.74) is 2.17. The lowest BCUT2D eigenvalue weighted by molar-refractivity contribution is -0.134. The van der Waals surface area contributed by atoms with Crippen LogP contribution in [0.1, 0.15) is 11.3 Å². The lowest BCUT2D eigenvalue weighted by Gasteiger charge is -2.10. The first-order chi connectivity index (χ1) is 13.1. The average molecular weight is 381 g/mol. The molecule has 0 aliphatic rings. The number of nitrogens with zero attached hydrogens (tertiary/aromatic N) is 2. The van der Waals surface area contributed by atoms with Crippen molar-refractivity contribution in [1.82, 2.24) is 9.55 Å². The molecular weight excluding hydrogens is 364 g/mol. The van der Waals surface area contributed by atoms with Gasteiger partial charge in [0.05, 0.1) is 19.3 Å². The van der Waals surface area contributed by atoms with Crippen molar-refractivity contribution in [3.05, 3.63) is 93.5 Å². The molecule has 0 amide bonds. The van der Waals surface area contributed by atoms with Crippen LogP contribution >= 0.6 is 11.6 Å². The summed E-state index contributed by atoms with van der Waals surface area (Å²) in [5.74, 6) is -0.495.